The van der Waals surface area contributed by atoms with E-state index in [2.05, 4.69) is 36.5 Å². The molecule has 104 valence electrons. The van der Waals surface area contributed by atoms with E-state index in [9.17, 15) is 4.79 Å². The molecule has 2 rings (SSSR count). The first-order valence-electron chi connectivity index (χ1n) is 7.18. The van der Waals surface area contributed by atoms with E-state index in [-0.39, 0.29) is 5.92 Å². The summed E-state index contributed by atoms with van der Waals surface area (Å²) in [5.74, 6) is 0.540. The summed E-state index contributed by atoms with van der Waals surface area (Å²) in [6, 6.07) is 8.56. The summed E-state index contributed by atoms with van der Waals surface area (Å²) in [5.41, 5.74) is 2.58. The minimum atomic E-state index is 0.226. The van der Waals surface area contributed by atoms with Gasteiger partial charge in [0.25, 0.3) is 0 Å². The van der Waals surface area contributed by atoms with Crippen LogP contribution in [0.25, 0.3) is 0 Å². The zero-order chi connectivity index (χ0) is 13.7. The number of nitrogens with zero attached hydrogens (tertiary/aromatic N) is 1. The van der Waals surface area contributed by atoms with Crippen LogP contribution in [-0.4, -0.2) is 37.5 Å². The zero-order valence-electron chi connectivity index (χ0n) is 12.0. The number of piperidine rings is 1. The number of amides is 1. The van der Waals surface area contributed by atoms with E-state index in [4.69, 9.17) is 0 Å². The Kier molecular flexibility index (Phi) is 4.97. The van der Waals surface area contributed by atoms with Crippen molar-refractivity contribution < 1.29 is 4.79 Å². The van der Waals surface area contributed by atoms with Crippen LogP contribution in [0.15, 0.2) is 24.3 Å². The molecule has 0 aliphatic carbocycles. The van der Waals surface area contributed by atoms with Crippen molar-refractivity contribution >= 4 is 5.91 Å². The molecule has 0 bridgehead atoms. The lowest BCUT2D eigenvalue weighted by atomic mass is 9.96. The van der Waals surface area contributed by atoms with Gasteiger partial charge in [-0.1, -0.05) is 29.8 Å². The summed E-state index contributed by atoms with van der Waals surface area (Å²) in [7, 11) is 1.93. The molecule has 1 aliphatic heterocycles. The van der Waals surface area contributed by atoms with E-state index in [1.54, 1.807) is 0 Å². The number of hydrogen-bond donors (Lipinski definition) is 1. The number of hydrogen-bond acceptors (Lipinski definition) is 2. The van der Waals surface area contributed by atoms with Crippen molar-refractivity contribution in [1.29, 1.82) is 0 Å². The van der Waals surface area contributed by atoms with Gasteiger partial charge in [0.05, 0.1) is 0 Å². The Labute approximate surface area is 116 Å². The minimum Gasteiger partial charge on any atom is -0.345 e. The molecule has 0 spiro atoms. The monoisotopic (exact) mass is 260 g/mol. The topological polar surface area (TPSA) is 32.3 Å². The first-order valence-corrected chi connectivity index (χ1v) is 7.18. The Morgan fingerprint density at radius 2 is 1.89 bits per heavy atom. The van der Waals surface area contributed by atoms with Crippen LogP contribution in [0, 0.1) is 12.8 Å². The number of aryl methyl sites for hydroxylation is 1. The smallest absolute Gasteiger partial charge is 0.225 e. The first kappa shape index (κ1) is 14.1. The molecule has 19 heavy (non-hydrogen) atoms. The predicted molar refractivity (Wildman–Crippen MR) is 78.1 cm³/mol. The normalized spacial score (nSPS) is 16.3. The summed E-state index contributed by atoms with van der Waals surface area (Å²) < 4.78 is 0. The van der Waals surface area contributed by atoms with Gasteiger partial charge in [-0.15, -0.1) is 0 Å². The highest BCUT2D eigenvalue weighted by Crippen LogP contribution is 2.14. The van der Waals surface area contributed by atoms with E-state index in [0.717, 1.165) is 38.9 Å². The zero-order valence-corrected chi connectivity index (χ0v) is 12.0. The van der Waals surface area contributed by atoms with Crippen molar-refractivity contribution in [3.63, 3.8) is 0 Å². The van der Waals surface area contributed by atoms with E-state index >= 15 is 0 Å². The van der Waals surface area contributed by atoms with Gasteiger partial charge < -0.3 is 10.2 Å². The van der Waals surface area contributed by atoms with Crippen molar-refractivity contribution in [3.8, 4) is 0 Å². The molecule has 1 aliphatic rings. The first-order chi connectivity index (χ1) is 9.16. The summed E-state index contributed by atoms with van der Waals surface area (Å²) in [5, 5.41) is 3.30. The lowest BCUT2D eigenvalue weighted by Gasteiger charge is -2.27. The van der Waals surface area contributed by atoms with Crippen LogP contribution in [0.5, 0.6) is 0 Å². The maximum Gasteiger partial charge on any atom is 0.225 e. The van der Waals surface area contributed by atoms with E-state index in [0.29, 0.717) is 5.91 Å². The van der Waals surface area contributed by atoms with Gasteiger partial charge in [0.1, 0.15) is 0 Å². The minimum absolute atomic E-state index is 0.226. The molecule has 1 fully saturated rings. The quantitative estimate of drug-likeness (QED) is 0.898. The molecule has 3 heteroatoms. The van der Waals surface area contributed by atoms with Crippen LogP contribution in [0.4, 0.5) is 0 Å². The highest BCUT2D eigenvalue weighted by molar-refractivity contribution is 5.78. The molecule has 1 aromatic carbocycles. The average molecular weight is 260 g/mol. The lowest BCUT2D eigenvalue weighted by molar-refractivity contribution is -0.134. The van der Waals surface area contributed by atoms with Crippen LogP contribution in [0.3, 0.4) is 0 Å². The highest BCUT2D eigenvalue weighted by atomic mass is 16.2. The molecule has 0 saturated carbocycles. The molecular weight excluding hydrogens is 236 g/mol. The molecule has 0 aromatic heterocycles. The van der Waals surface area contributed by atoms with Crippen LogP contribution >= 0.6 is 0 Å². The SMILES string of the molecule is Cc1ccc(CCN(C)C(=O)C2CCNCC2)cc1. The highest BCUT2D eigenvalue weighted by Gasteiger charge is 2.23. The second-order valence-electron chi connectivity index (χ2n) is 5.52. The van der Waals surface area contributed by atoms with Crippen LogP contribution < -0.4 is 5.32 Å². The van der Waals surface area contributed by atoms with Crippen LogP contribution in [0.2, 0.25) is 0 Å². The fourth-order valence-electron chi connectivity index (χ4n) is 2.54. The van der Waals surface area contributed by atoms with Crippen molar-refractivity contribution in [2.45, 2.75) is 26.2 Å². The molecular formula is C16H24N2O. The Morgan fingerprint density at radius 1 is 1.26 bits per heavy atom. The average Bonchev–Trinajstić information content (AvgIpc) is 2.46. The predicted octanol–water partition coefficient (Wildman–Crippen LogP) is 2.00. The van der Waals surface area contributed by atoms with Gasteiger partial charge in [-0.3, -0.25) is 4.79 Å². The maximum atomic E-state index is 12.3. The number of likely N-dealkylation sites (N-methyl/N-ethyl adjacent to an activating group) is 1. The van der Waals surface area contributed by atoms with Crippen molar-refractivity contribution in [2.24, 2.45) is 5.92 Å². The third-order valence-electron chi connectivity index (χ3n) is 3.92. The van der Waals surface area contributed by atoms with Gasteiger partial charge in [-0.2, -0.15) is 0 Å². The molecule has 0 atom stereocenters. The Hall–Kier alpha value is -1.35. The number of rotatable bonds is 4. The number of carbonyl (C=O) groups is 1. The summed E-state index contributed by atoms with van der Waals surface area (Å²) in [6.45, 7) is 4.85. The van der Waals surface area contributed by atoms with Gasteiger partial charge in [0, 0.05) is 19.5 Å². The molecule has 1 saturated heterocycles. The van der Waals surface area contributed by atoms with Gasteiger partial charge in [0.15, 0.2) is 0 Å². The molecule has 0 radical (unpaired) electrons. The Balaban J connectivity index is 1.81. The van der Waals surface area contributed by atoms with E-state index in [1.165, 1.54) is 11.1 Å². The van der Waals surface area contributed by atoms with Crippen molar-refractivity contribution in [1.82, 2.24) is 10.2 Å². The Morgan fingerprint density at radius 3 is 2.53 bits per heavy atom. The lowest BCUT2D eigenvalue weighted by Crippen LogP contribution is -2.39. The molecule has 3 nitrogen and oxygen atoms in total. The summed E-state index contributed by atoms with van der Waals surface area (Å²) in [4.78, 5) is 14.2. The van der Waals surface area contributed by atoms with Crippen LogP contribution in [-0.2, 0) is 11.2 Å². The fourth-order valence-corrected chi connectivity index (χ4v) is 2.54. The van der Waals surface area contributed by atoms with Crippen molar-refractivity contribution in [3.05, 3.63) is 35.4 Å². The van der Waals surface area contributed by atoms with Gasteiger partial charge in [-0.05, 0) is 44.8 Å². The maximum absolute atomic E-state index is 12.3. The fraction of sp³-hybridized carbons (Fsp3) is 0.562. The summed E-state index contributed by atoms with van der Waals surface area (Å²) in [6.07, 6.45) is 2.90. The molecule has 0 unspecified atom stereocenters. The second kappa shape index (κ2) is 6.71. The number of carbonyl (C=O) groups excluding carboxylic acids is 1. The third kappa shape index (κ3) is 4.06. The second-order valence-corrected chi connectivity index (χ2v) is 5.52. The number of benzene rings is 1. The molecule has 1 heterocycles. The number of nitrogens with one attached hydrogen (secondary N) is 1. The van der Waals surface area contributed by atoms with E-state index < -0.39 is 0 Å². The van der Waals surface area contributed by atoms with Crippen LogP contribution in [0.1, 0.15) is 24.0 Å². The molecule has 1 N–H and O–H groups in total. The van der Waals surface area contributed by atoms with Gasteiger partial charge in [0.2, 0.25) is 5.91 Å². The standard InChI is InChI=1S/C16H24N2O/c1-13-3-5-14(6-4-13)9-12-18(2)16(19)15-7-10-17-11-8-15/h3-6,15,17H,7-12H2,1-2H3. The third-order valence-corrected chi connectivity index (χ3v) is 3.92. The van der Waals surface area contributed by atoms with Crippen molar-refractivity contribution in [2.75, 3.05) is 26.7 Å². The summed E-state index contributed by atoms with van der Waals surface area (Å²) >= 11 is 0. The molecule has 1 aromatic rings. The Bertz CT molecular complexity index is 407. The van der Waals surface area contributed by atoms with E-state index in [1.807, 2.05) is 11.9 Å². The largest absolute Gasteiger partial charge is 0.345 e. The van der Waals surface area contributed by atoms with Gasteiger partial charge in [-0.25, -0.2) is 0 Å². The molecule has 1 amide bonds. The van der Waals surface area contributed by atoms with Gasteiger partial charge >= 0.3 is 0 Å².